The topological polar surface area (TPSA) is 32.3 Å². The van der Waals surface area contributed by atoms with Crippen LogP contribution < -0.4 is 5.32 Å². The highest BCUT2D eigenvalue weighted by molar-refractivity contribution is 9.10. The molecule has 0 heterocycles. The lowest BCUT2D eigenvalue weighted by Crippen LogP contribution is -2.39. The van der Waals surface area contributed by atoms with Gasteiger partial charge in [-0.05, 0) is 55.1 Å². The van der Waals surface area contributed by atoms with Crippen molar-refractivity contribution < 1.29 is 4.79 Å². The molecule has 5 heteroatoms. The van der Waals surface area contributed by atoms with Crippen LogP contribution in [0.2, 0.25) is 5.02 Å². The van der Waals surface area contributed by atoms with Crippen LogP contribution in [0.25, 0.3) is 0 Å². The predicted molar refractivity (Wildman–Crippen MR) is 74.6 cm³/mol. The van der Waals surface area contributed by atoms with Gasteiger partial charge in [0.05, 0.1) is 5.56 Å². The second kappa shape index (κ2) is 6.38. The van der Waals surface area contributed by atoms with Crippen LogP contribution in [-0.4, -0.2) is 37.5 Å². The van der Waals surface area contributed by atoms with Gasteiger partial charge in [-0.2, -0.15) is 0 Å². The molecule has 1 N–H and O–H groups in total. The van der Waals surface area contributed by atoms with Crippen LogP contribution >= 0.6 is 27.5 Å². The normalized spacial score (nSPS) is 12.6. The molecule has 1 amide bonds. The van der Waals surface area contributed by atoms with Gasteiger partial charge in [0, 0.05) is 22.1 Å². The quantitative estimate of drug-likeness (QED) is 0.925. The van der Waals surface area contributed by atoms with Gasteiger partial charge in [-0.25, -0.2) is 0 Å². The lowest BCUT2D eigenvalue weighted by Gasteiger charge is -2.18. The second-order valence-corrected chi connectivity index (χ2v) is 5.55. The number of hydrogen-bond acceptors (Lipinski definition) is 2. The molecule has 1 aromatic rings. The van der Waals surface area contributed by atoms with E-state index in [1.165, 1.54) is 0 Å². The molecule has 0 aliphatic rings. The standard InChI is InChI=1S/C12H16BrClN2O/c1-8(7-16(2)3)15-12(17)10-5-4-9(14)6-11(10)13/h4-6,8H,7H2,1-3H3,(H,15,17). The molecule has 1 unspecified atom stereocenters. The van der Waals surface area contributed by atoms with Crippen molar-refractivity contribution in [3.8, 4) is 0 Å². The lowest BCUT2D eigenvalue weighted by molar-refractivity contribution is 0.0933. The van der Waals surface area contributed by atoms with Crippen molar-refractivity contribution in [1.29, 1.82) is 0 Å². The third kappa shape index (κ3) is 4.66. The van der Waals surface area contributed by atoms with Crippen molar-refractivity contribution in [2.24, 2.45) is 0 Å². The van der Waals surface area contributed by atoms with E-state index < -0.39 is 0 Å². The van der Waals surface area contributed by atoms with Crippen molar-refractivity contribution in [1.82, 2.24) is 10.2 Å². The van der Waals surface area contributed by atoms with Gasteiger partial charge in [0.15, 0.2) is 0 Å². The minimum Gasteiger partial charge on any atom is -0.348 e. The van der Waals surface area contributed by atoms with Crippen molar-refractivity contribution >= 4 is 33.4 Å². The van der Waals surface area contributed by atoms with E-state index in [4.69, 9.17) is 11.6 Å². The van der Waals surface area contributed by atoms with Crippen LogP contribution in [-0.2, 0) is 0 Å². The Morgan fingerprint density at radius 3 is 2.71 bits per heavy atom. The van der Waals surface area contributed by atoms with E-state index in [9.17, 15) is 4.79 Å². The minimum absolute atomic E-state index is 0.0945. The Morgan fingerprint density at radius 2 is 2.18 bits per heavy atom. The number of nitrogens with zero attached hydrogens (tertiary/aromatic N) is 1. The smallest absolute Gasteiger partial charge is 0.252 e. The number of halogens is 2. The summed E-state index contributed by atoms with van der Waals surface area (Å²) in [4.78, 5) is 14.0. The lowest BCUT2D eigenvalue weighted by atomic mass is 10.2. The fourth-order valence-electron chi connectivity index (χ4n) is 1.57. The first-order chi connectivity index (χ1) is 7.90. The predicted octanol–water partition coefficient (Wildman–Crippen LogP) is 2.78. The Bertz CT molecular complexity index is 409. The fourth-order valence-corrected chi connectivity index (χ4v) is 2.43. The van der Waals surface area contributed by atoms with Gasteiger partial charge in [-0.3, -0.25) is 4.79 Å². The number of benzene rings is 1. The number of carbonyl (C=O) groups excluding carboxylic acids is 1. The third-order valence-corrected chi connectivity index (χ3v) is 3.08. The maximum atomic E-state index is 12.0. The van der Waals surface area contributed by atoms with Crippen molar-refractivity contribution in [3.05, 3.63) is 33.3 Å². The monoisotopic (exact) mass is 318 g/mol. The molecule has 17 heavy (non-hydrogen) atoms. The summed E-state index contributed by atoms with van der Waals surface area (Å²) >= 11 is 9.16. The molecule has 0 saturated heterocycles. The Balaban J connectivity index is 2.70. The van der Waals surface area contributed by atoms with Gasteiger partial charge in [0.25, 0.3) is 5.91 Å². The first kappa shape index (κ1) is 14.5. The molecular weight excluding hydrogens is 304 g/mol. The zero-order valence-electron chi connectivity index (χ0n) is 10.1. The van der Waals surface area contributed by atoms with E-state index in [1.54, 1.807) is 18.2 Å². The molecule has 0 aliphatic heterocycles. The number of likely N-dealkylation sites (N-methyl/N-ethyl adjacent to an activating group) is 1. The number of carbonyl (C=O) groups is 1. The minimum atomic E-state index is -0.0945. The molecule has 1 rings (SSSR count). The Morgan fingerprint density at radius 1 is 1.53 bits per heavy atom. The van der Waals surface area contributed by atoms with Crippen molar-refractivity contribution in [2.45, 2.75) is 13.0 Å². The number of nitrogens with one attached hydrogen (secondary N) is 1. The van der Waals surface area contributed by atoms with E-state index in [0.29, 0.717) is 15.1 Å². The number of hydrogen-bond donors (Lipinski definition) is 1. The third-order valence-electron chi connectivity index (χ3n) is 2.19. The van der Waals surface area contributed by atoms with Crippen LogP contribution in [0.1, 0.15) is 17.3 Å². The summed E-state index contributed by atoms with van der Waals surface area (Å²) in [5.41, 5.74) is 0.597. The Hall–Kier alpha value is -0.580. The molecule has 3 nitrogen and oxygen atoms in total. The zero-order chi connectivity index (χ0) is 13.0. The molecular formula is C12H16BrClN2O. The Labute approximate surface area is 115 Å². The first-order valence-electron chi connectivity index (χ1n) is 5.31. The fraction of sp³-hybridized carbons (Fsp3) is 0.417. The second-order valence-electron chi connectivity index (χ2n) is 4.26. The molecule has 0 aliphatic carbocycles. The maximum absolute atomic E-state index is 12.0. The molecule has 94 valence electrons. The van der Waals surface area contributed by atoms with E-state index in [-0.39, 0.29) is 11.9 Å². The van der Waals surface area contributed by atoms with Gasteiger partial charge >= 0.3 is 0 Å². The Kier molecular flexibility index (Phi) is 5.43. The SMILES string of the molecule is CC(CN(C)C)NC(=O)c1ccc(Cl)cc1Br. The summed E-state index contributed by atoms with van der Waals surface area (Å²) in [6, 6.07) is 5.23. The molecule has 1 aromatic carbocycles. The average Bonchev–Trinajstić information content (AvgIpc) is 2.15. The van der Waals surface area contributed by atoms with Crippen LogP contribution in [0.15, 0.2) is 22.7 Å². The summed E-state index contributed by atoms with van der Waals surface area (Å²) in [5, 5.41) is 3.54. The van der Waals surface area contributed by atoms with Gasteiger partial charge in [0.2, 0.25) is 0 Å². The van der Waals surface area contributed by atoms with Crippen LogP contribution in [0.3, 0.4) is 0 Å². The van der Waals surface area contributed by atoms with Crippen molar-refractivity contribution in [3.63, 3.8) is 0 Å². The largest absolute Gasteiger partial charge is 0.348 e. The van der Waals surface area contributed by atoms with E-state index >= 15 is 0 Å². The molecule has 0 fully saturated rings. The van der Waals surface area contributed by atoms with E-state index in [2.05, 4.69) is 21.2 Å². The first-order valence-corrected chi connectivity index (χ1v) is 6.48. The van der Waals surface area contributed by atoms with E-state index in [0.717, 1.165) is 6.54 Å². The number of rotatable bonds is 4. The molecule has 0 radical (unpaired) electrons. The maximum Gasteiger partial charge on any atom is 0.252 e. The summed E-state index contributed by atoms with van der Waals surface area (Å²) in [6.45, 7) is 2.78. The highest BCUT2D eigenvalue weighted by atomic mass is 79.9. The summed E-state index contributed by atoms with van der Waals surface area (Å²) in [6.07, 6.45) is 0. The zero-order valence-corrected chi connectivity index (χ0v) is 12.5. The van der Waals surface area contributed by atoms with Gasteiger partial charge in [-0.1, -0.05) is 11.6 Å². The highest BCUT2D eigenvalue weighted by Gasteiger charge is 2.13. The number of amides is 1. The van der Waals surface area contributed by atoms with Crippen LogP contribution in [0, 0.1) is 0 Å². The van der Waals surface area contributed by atoms with Crippen LogP contribution in [0.4, 0.5) is 0 Å². The van der Waals surface area contributed by atoms with Gasteiger partial charge in [-0.15, -0.1) is 0 Å². The van der Waals surface area contributed by atoms with E-state index in [1.807, 2.05) is 25.9 Å². The molecule has 0 aromatic heterocycles. The highest BCUT2D eigenvalue weighted by Crippen LogP contribution is 2.21. The average molecular weight is 320 g/mol. The van der Waals surface area contributed by atoms with Crippen molar-refractivity contribution in [2.75, 3.05) is 20.6 Å². The van der Waals surface area contributed by atoms with Gasteiger partial charge < -0.3 is 10.2 Å². The molecule has 0 bridgehead atoms. The molecule has 1 atom stereocenters. The summed E-state index contributed by atoms with van der Waals surface area (Å²) in [5.74, 6) is -0.0945. The van der Waals surface area contributed by atoms with Gasteiger partial charge in [0.1, 0.15) is 0 Å². The van der Waals surface area contributed by atoms with Crippen LogP contribution in [0.5, 0.6) is 0 Å². The summed E-state index contributed by atoms with van der Waals surface area (Å²) < 4.78 is 0.708. The molecule has 0 spiro atoms. The molecule has 0 saturated carbocycles. The summed E-state index contributed by atoms with van der Waals surface area (Å²) in [7, 11) is 3.95.